The monoisotopic (exact) mass is 283 g/mol. The highest BCUT2D eigenvalue weighted by molar-refractivity contribution is 5.83. The molecule has 0 spiro atoms. The van der Waals surface area contributed by atoms with Crippen LogP contribution in [0.4, 0.5) is 0 Å². The van der Waals surface area contributed by atoms with Gasteiger partial charge in [0.1, 0.15) is 12.4 Å². The topological polar surface area (TPSA) is 32.7 Å². The molecule has 3 heteroatoms. The molecule has 0 bridgehead atoms. The van der Waals surface area contributed by atoms with Gasteiger partial charge in [-0.25, -0.2) is 0 Å². The number of ether oxygens (including phenoxy) is 1. The molecule has 0 unspecified atom stereocenters. The van der Waals surface area contributed by atoms with E-state index in [0.717, 1.165) is 25.4 Å². The molecule has 3 nitrogen and oxygen atoms in total. The number of β-amino-alcohol motifs (C(OH)–C–C–N with tert-alkyl or cyclic N) is 1. The van der Waals surface area contributed by atoms with Crippen molar-refractivity contribution in [3.63, 3.8) is 0 Å². The maximum Gasteiger partial charge on any atom is 0.120 e. The molecule has 2 fully saturated rings. The van der Waals surface area contributed by atoms with Crippen LogP contribution in [-0.4, -0.2) is 41.8 Å². The zero-order valence-corrected chi connectivity index (χ0v) is 12.2. The summed E-state index contributed by atoms with van der Waals surface area (Å²) in [4.78, 5) is 2.28. The second-order valence-electron chi connectivity index (χ2n) is 6.45. The van der Waals surface area contributed by atoms with Gasteiger partial charge in [-0.15, -0.1) is 0 Å². The van der Waals surface area contributed by atoms with E-state index >= 15 is 0 Å². The molecule has 2 aliphatic rings. The predicted molar refractivity (Wildman–Crippen MR) is 83.6 cm³/mol. The van der Waals surface area contributed by atoms with Crippen LogP contribution in [0, 0.1) is 5.92 Å². The van der Waals surface area contributed by atoms with Crippen LogP contribution in [0.3, 0.4) is 0 Å². The summed E-state index contributed by atoms with van der Waals surface area (Å²) in [5.74, 6) is 1.49. The van der Waals surface area contributed by atoms with Crippen LogP contribution in [0.15, 0.2) is 42.5 Å². The van der Waals surface area contributed by atoms with Gasteiger partial charge in [-0.2, -0.15) is 0 Å². The van der Waals surface area contributed by atoms with E-state index in [9.17, 15) is 5.11 Å². The first-order valence-corrected chi connectivity index (χ1v) is 7.79. The standard InChI is InChI=1S/C18H21NO2/c20-18(16-6-7-16)12-19(13-18)9-10-21-17-8-5-14-3-1-2-4-15(14)11-17/h1-5,8,11,16,20H,6-7,9-10,12-13H2. The zero-order chi connectivity index (χ0) is 14.3. The smallest absolute Gasteiger partial charge is 0.120 e. The molecule has 0 radical (unpaired) electrons. The molecule has 2 aromatic rings. The third kappa shape index (κ3) is 2.63. The molecule has 0 amide bonds. The van der Waals surface area contributed by atoms with Gasteiger partial charge in [0.25, 0.3) is 0 Å². The van der Waals surface area contributed by atoms with E-state index in [-0.39, 0.29) is 5.60 Å². The Labute approximate surface area is 125 Å². The number of hydrogen-bond donors (Lipinski definition) is 1. The molecule has 1 saturated heterocycles. The number of nitrogens with zero attached hydrogens (tertiary/aromatic N) is 1. The lowest BCUT2D eigenvalue weighted by Gasteiger charge is -2.47. The Morgan fingerprint density at radius 1 is 1.10 bits per heavy atom. The second-order valence-corrected chi connectivity index (χ2v) is 6.45. The summed E-state index contributed by atoms with van der Waals surface area (Å²) >= 11 is 0. The average Bonchev–Trinajstić information content (AvgIpc) is 3.30. The Balaban J connectivity index is 1.28. The van der Waals surface area contributed by atoms with Gasteiger partial charge in [-0.1, -0.05) is 30.3 Å². The zero-order valence-electron chi connectivity index (χ0n) is 12.2. The lowest BCUT2D eigenvalue weighted by molar-refractivity contribution is -0.115. The number of benzene rings is 2. The van der Waals surface area contributed by atoms with Crippen molar-refractivity contribution in [2.75, 3.05) is 26.2 Å². The van der Waals surface area contributed by atoms with Crippen molar-refractivity contribution in [3.05, 3.63) is 42.5 Å². The summed E-state index contributed by atoms with van der Waals surface area (Å²) in [6, 6.07) is 14.5. The van der Waals surface area contributed by atoms with Crippen molar-refractivity contribution in [2.24, 2.45) is 5.92 Å². The summed E-state index contributed by atoms with van der Waals surface area (Å²) in [7, 11) is 0. The number of likely N-dealkylation sites (tertiary alicyclic amines) is 1. The minimum absolute atomic E-state index is 0.386. The number of rotatable bonds is 5. The third-order valence-electron chi connectivity index (χ3n) is 4.73. The Morgan fingerprint density at radius 3 is 2.62 bits per heavy atom. The third-order valence-corrected chi connectivity index (χ3v) is 4.73. The lowest BCUT2D eigenvalue weighted by atomic mass is 9.89. The average molecular weight is 283 g/mol. The Kier molecular flexibility index (Phi) is 3.12. The molecule has 1 aliphatic heterocycles. The minimum atomic E-state index is -0.386. The van der Waals surface area contributed by atoms with E-state index in [0.29, 0.717) is 12.5 Å². The fourth-order valence-electron chi connectivity index (χ4n) is 3.31. The predicted octanol–water partition coefficient (Wildman–Crippen LogP) is 2.68. The van der Waals surface area contributed by atoms with Crippen LogP contribution in [0.5, 0.6) is 5.75 Å². The van der Waals surface area contributed by atoms with Crippen LogP contribution in [0.2, 0.25) is 0 Å². The molecule has 1 saturated carbocycles. The van der Waals surface area contributed by atoms with Gasteiger partial charge in [0.2, 0.25) is 0 Å². The molecule has 1 heterocycles. The van der Waals surface area contributed by atoms with Crippen molar-refractivity contribution in [1.82, 2.24) is 4.90 Å². The fourth-order valence-corrected chi connectivity index (χ4v) is 3.31. The largest absolute Gasteiger partial charge is 0.492 e. The highest BCUT2D eigenvalue weighted by Gasteiger charge is 2.51. The molecule has 4 rings (SSSR count). The second kappa shape index (κ2) is 5.00. The van der Waals surface area contributed by atoms with Gasteiger partial charge >= 0.3 is 0 Å². The first-order chi connectivity index (χ1) is 10.2. The number of fused-ring (bicyclic) bond motifs is 1. The molecular weight excluding hydrogens is 262 g/mol. The van der Waals surface area contributed by atoms with E-state index in [1.165, 1.54) is 23.6 Å². The summed E-state index contributed by atoms with van der Waals surface area (Å²) in [5.41, 5.74) is -0.386. The van der Waals surface area contributed by atoms with Gasteiger partial charge in [0.15, 0.2) is 0 Å². The first-order valence-electron chi connectivity index (χ1n) is 7.79. The molecule has 0 atom stereocenters. The van der Waals surface area contributed by atoms with Gasteiger partial charge in [0, 0.05) is 19.6 Å². The lowest BCUT2D eigenvalue weighted by Crippen LogP contribution is -2.63. The molecule has 2 aromatic carbocycles. The highest BCUT2D eigenvalue weighted by atomic mass is 16.5. The summed E-state index contributed by atoms with van der Waals surface area (Å²) in [6.45, 7) is 3.21. The maximum atomic E-state index is 10.3. The van der Waals surface area contributed by atoms with Gasteiger partial charge in [0.05, 0.1) is 5.60 Å². The molecule has 1 aliphatic carbocycles. The van der Waals surface area contributed by atoms with E-state index in [2.05, 4.69) is 29.2 Å². The van der Waals surface area contributed by atoms with Crippen LogP contribution < -0.4 is 4.74 Å². The Bertz CT molecular complexity index is 644. The summed E-state index contributed by atoms with van der Waals surface area (Å²) in [6.07, 6.45) is 2.41. The molecule has 0 aromatic heterocycles. The van der Waals surface area contributed by atoms with Crippen LogP contribution >= 0.6 is 0 Å². The first kappa shape index (κ1) is 13.1. The Hall–Kier alpha value is -1.58. The highest BCUT2D eigenvalue weighted by Crippen LogP contribution is 2.44. The normalized spacial score (nSPS) is 21.2. The number of aliphatic hydroxyl groups is 1. The van der Waals surface area contributed by atoms with E-state index in [1.807, 2.05) is 18.2 Å². The minimum Gasteiger partial charge on any atom is -0.492 e. The fraction of sp³-hybridized carbons (Fsp3) is 0.444. The van der Waals surface area contributed by atoms with Crippen LogP contribution in [-0.2, 0) is 0 Å². The SMILES string of the molecule is OC1(C2CC2)CN(CCOc2ccc3ccccc3c2)C1. The van der Waals surface area contributed by atoms with E-state index < -0.39 is 0 Å². The maximum absolute atomic E-state index is 10.3. The van der Waals surface area contributed by atoms with Crippen LogP contribution in [0.25, 0.3) is 10.8 Å². The van der Waals surface area contributed by atoms with E-state index in [4.69, 9.17) is 4.74 Å². The van der Waals surface area contributed by atoms with Crippen LogP contribution in [0.1, 0.15) is 12.8 Å². The van der Waals surface area contributed by atoms with Gasteiger partial charge < -0.3 is 9.84 Å². The molecule has 110 valence electrons. The Morgan fingerprint density at radius 2 is 1.86 bits per heavy atom. The molecular formula is C18H21NO2. The van der Waals surface area contributed by atoms with Crippen molar-refractivity contribution >= 4 is 10.8 Å². The van der Waals surface area contributed by atoms with Crippen molar-refractivity contribution < 1.29 is 9.84 Å². The van der Waals surface area contributed by atoms with Crippen molar-refractivity contribution in [2.45, 2.75) is 18.4 Å². The summed E-state index contributed by atoms with van der Waals surface area (Å²) < 4.78 is 5.84. The van der Waals surface area contributed by atoms with Gasteiger partial charge in [-0.05, 0) is 41.7 Å². The van der Waals surface area contributed by atoms with Crippen molar-refractivity contribution in [1.29, 1.82) is 0 Å². The summed E-state index contributed by atoms with van der Waals surface area (Å²) in [5, 5.41) is 12.7. The number of hydrogen-bond acceptors (Lipinski definition) is 3. The van der Waals surface area contributed by atoms with Crippen molar-refractivity contribution in [3.8, 4) is 5.75 Å². The molecule has 21 heavy (non-hydrogen) atoms. The van der Waals surface area contributed by atoms with E-state index in [1.54, 1.807) is 0 Å². The quantitative estimate of drug-likeness (QED) is 0.915. The van der Waals surface area contributed by atoms with Gasteiger partial charge in [-0.3, -0.25) is 4.90 Å². The molecule has 1 N–H and O–H groups in total.